The van der Waals surface area contributed by atoms with E-state index < -0.39 is 0 Å². The third-order valence-corrected chi connectivity index (χ3v) is 4.02. The fraction of sp³-hybridized carbons (Fsp3) is 0.571. The molecule has 2 atom stereocenters. The van der Waals surface area contributed by atoms with Crippen molar-refractivity contribution in [2.75, 3.05) is 13.1 Å². The van der Waals surface area contributed by atoms with Crippen LogP contribution in [0.1, 0.15) is 26.1 Å². The van der Waals surface area contributed by atoms with Gasteiger partial charge in [0, 0.05) is 23.8 Å². The molecule has 1 saturated heterocycles. The quantitative estimate of drug-likeness (QED) is 0.934. The highest BCUT2D eigenvalue weighted by atomic mass is 79.9. The van der Waals surface area contributed by atoms with Gasteiger partial charge in [-0.2, -0.15) is 0 Å². The van der Waals surface area contributed by atoms with Gasteiger partial charge in [-0.25, -0.2) is 9.97 Å². The van der Waals surface area contributed by atoms with Crippen LogP contribution in [0.5, 0.6) is 0 Å². The van der Waals surface area contributed by atoms with Gasteiger partial charge in [0.25, 0.3) is 0 Å². The fourth-order valence-corrected chi connectivity index (χ4v) is 3.04. The molecule has 0 radical (unpaired) electrons. The Morgan fingerprint density at radius 2 is 2.35 bits per heavy atom. The Kier molecular flexibility index (Phi) is 4.05. The average molecular weight is 339 g/mol. The van der Waals surface area contributed by atoms with Crippen molar-refractivity contribution in [2.24, 2.45) is 0 Å². The van der Waals surface area contributed by atoms with E-state index >= 15 is 0 Å². The first-order chi connectivity index (χ1) is 9.64. The van der Waals surface area contributed by atoms with Crippen LogP contribution < -0.4 is 0 Å². The number of aromatic amines is 1. The molecule has 2 aromatic heterocycles. The predicted molar refractivity (Wildman–Crippen MR) is 81.5 cm³/mol. The van der Waals surface area contributed by atoms with Crippen molar-refractivity contribution in [2.45, 2.75) is 39.0 Å². The van der Waals surface area contributed by atoms with Crippen LogP contribution in [0.2, 0.25) is 0 Å². The van der Waals surface area contributed by atoms with E-state index in [0.717, 1.165) is 47.5 Å². The van der Waals surface area contributed by atoms with Crippen molar-refractivity contribution in [1.82, 2.24) is 19.9 Å². The van der Waals surface area contributed by atoms with Crippen molar-refractivity contribution in [3.05, 3.63) is 22.6 Å². The zero-order chi connectivity index (χ0) is 14.1. The Balaban J connectivity index is 1.75. The van der Waals surface area contributed by atoms with Gasteiger partial charge < -0.3 is 9.72 Å². The molecule has 0 aromatic carbocycles. The first kappa shape index (κ1) is 14.0. The summed E-state index contributed by atoms with van der Waals surface area (Å²) >= 11 is 3.43. The predicted octanol–water partition coefficient (Wildman–Crippen LogP) is 2.72. The molecule has 20 heavy (non-hydrogen) atoms. The highest BCUT2D eigenvalue weighted by molar-refractivity contribution is 9.10. The lowest BCUT2D eigenvalue weighted by Crippen LogP contribution is -2.45. The molecule has 3 rings (SSSR count). The molecule has 5 nitrogen and oxygen atoms in total. The number of nitrogens with zero attached hydrogens (tertiary/aromatic N) is 3. The molecule has 1 fully saturated rings. The molecule has 1 aliphatic rings. The van der Waals surface area contributed by atoms with E-state index in [0.29, 0.717) is 6.10 Å². The summed E-state index contributed by atoms with van der Waals surface area (Å²) < 4.78 is 6.85. The van der Waals surface area contributed by atoms with Crippen molar-refractivity contribution in [3.8, 4) is 0 Å². The molecule has 2 aromatic rings. The molecule has 6 heteroatoms. The number of morpholine rings is 1. The first-order valence-corrected chi connectivity index (χ1v) is 7.81. The van der Waals surface area contributed by atoms with Gasteiger partial charge in [-0.05, 0) is 35.3 Å². The SMILES string of the molecule is CC[C@@H]1CN(Cc2nc3ncc(Br)cc3[nH]2)C[C@@H](C)O1. The molecular formula is C14H19BrN4O. The summed E-state index contributed by atoms with van der Waals surface area (Å²) in [6, 6.07) is 2.01. The van der Waals surface area contributed by atoms with Crippen molar-refractivity contribution in [1.29, 1.82) is 0 Å². The Hall–Kier alpha value is -0.980. The molecular weight excluding hydrogens is 320 g/mol. The third kappa shape index (κ3) is 3.02. The van der Waals surface area contributed by atoms with E-state index in [1.54, 1.807) is 6.20 Å². The number of halogens is 1. The molecule has 0 amide bonds. The Morgan fingerprint density at radius 3 is 3.15 bits per heavy atom. The molecule has 0 bridgehead atoms. The number of H-pyrrole nitrogens is 1. The summed E-state index contributed by atoms with van der Waals surface area (Å²) in [7, 11) is 0. The number of nitrogens with one attached hydrogen (secondary N) is 1. The van der Waals surface area contributed by atoms with Crippen LogP contribution in [-0.4, -0.2) is 45.1 Å². The van der Waals surface area contributed by atoms with Gasteiger partial charge in [-0.1, -0.05) is 6.92 Å². The lowest BCUT2D eigenvalue weighted by atomic mass is 10.2. The van der Waals surface area contributed by atoms with Gasteiger partial charge in [0.15, 0.2) is 5.65 Å². The molecule has 0 spiro atoms. The number of pyridine rings is 1. The van der Waals surface area contributed by atoms with Gasteiger partial charge in [0.1, 0.15) is 5.82 Å². The van der Waals surface area contributed by atoms with Gasteiger partial charge in [0.2, 0.25) is 0 Å². The van der Waals surface area contributed by atoms with E-state index in [-0.39, 0.29) is 6.10 Å². The van der Waals surface area contributed by atoms with Gasteiger partial charge in [-0.3, -0.25) is 4.90 Å². The second kappa shape index (κ2) is 5.79. The largest absolute Gasteiger partial charge is 0.373 e. The highest BCUT2D eigenvalue weighted by Gasteiger charge is 2.24. The minimum atomic E-state index is 0.283. The summed E-state index contributed by atoms with van der Waals surface area (Å²) in [4.78, 5) is 14.6. The number of imidazole rings is 1. The second-order valence-electron chi connectivity index (χ2n) is 5.38. The second-order valence-corrected chi connectivity index (χ2v) is 6.29. The first-order valence-electron chi connectivity index (χ1n) is 7.02. The number of hydrogen-bond donors (Lipinski definition) is 1. The maximum Gasteiger partial charge on any atom is 0.177 e. The third-order valence-electron chi connectivity index (χ3n) is 3.58. The van der Waals surface area contributed by atoms with Crippen LogP contribution in [0.4, 0.5) is 0 Å². The standard InChI is InChI=1S/C14H19BrN4O/c1-3-11-7-19(6-9(2)20-11)8-13-17-12-4-10(15)5-16-14(12)18-13/h4-5,9,11H,3,6-8H2,1-2H3,(H,16,17,18)/t9-,11-/m1/s1. The zero-order valence-corrected chi connectivity index (χ0v) is 13.4. The Morgan fingerprint density at radius 1 is 1.50 bits per heavy atom. The average Bonchev–Trinajstić information content (AvgIpc) is 2.79. The van der Waals surface area contributed by atoms with E-state index in [9.17, 15) is 0 Å². The van der Waals surface area contributed by atoms with Gasteiger partial charge >= 0.3 is 0 Å². The fourth-order valence-electron chi connectivity index (χ4n) is 2.71. The lowest BCUT2D eigenvalue weighted by Gasteiger charge is -2.35. The maximum absolute atomic E-state index is 5.89. The number of rotatable bonds is 3. The summed E-state index contributed by atoms with van der Waals surface area (Å²) in [5, 5.41) is 0. The van der Waals surface area contributed by atoms with E-state index in [2.05, 4.69) is 49.6 Å². The lowest BCUT2D eigenvalue weighted by molar-refractivity contribution is -0.0805. The Bertz CT molecular complexity index is 600. The van der Waals surface area contributed by atoms with Crippen LogP contribution in [0.3, 0.4) is 0 Å². The molecule has 0 saturated carbocycles. The summed E-state index contributed by atoms with van der Waals surface area (Å²) in [6.07, 6.45) is 3.44. The summed E-state index contributed by atoms with van der Waals surface area (Å²) in [5.41, 5.74) is 1.75. The van der Waals surface area contributed by atoms with Crippen LogP contribution >= 0.6 is 15.9 Å². The van der Waals surface area contributed by atoms with Crippen LogP contribution in [0.15, 0.2) is 16.7 Å². The van der Waals surface area contributed by atoms with Gasteiger partial charge in [0.05, 0.1) is 24.3 Å². The summed E-state index contributed by atoms with van der Waals surface area (Å²) in [5.74, 6) is 0.967. The monoisotopic (exact) mass is 338 g/mol. The minimum absolute atomic E-state index is 0.283. The number of fused-ring (bicyclic) bond motifs is 1. The van der Waals surface area contributed by atoms with E-state index in [1.807, 2.05) is 6.07 Å². The van der Waals surface area contributed by atoms with Crippen LogP contribution in [0, 0.1) is 0 Å². The number of hydrogen-bond acceptors (Lipinski definition) is 4. The topological polar surface area (TPSA) is 54.0 Å². The normalized spacial score (nSPS) is 24.4. The summed E-state index contributed by atoms with van der Waals surface area (Å²) in [6.45, 7) is 7.04. The van der Waals surface area contributed by atoms with Gasteiger partial charge in [-0.15, -0.1) is 0 Å². The smallest absolute Gasteiger partial charge is 0.177 e. The number of ether oxygens (including phenoxy) is 1. The maximum atomic E-state index is 5.89. The van der Waals surface area contributed by atoms with Crippen LogP contribution in [-0.2, 0) is 11.3 Å². The molecule has 1 N–H and O–H groups in total. The molecule has 108 valence electrons. The molecule has 0 unspecified atom stereocenters. The van der Waals surface area contributed by atoms with Crippen molar-refractivity contribution in [3.63, 3.8) is 0 Å². The minimum Gasteiger partial charge on any atom is -0.373 e. The van der Waals surface area contributed by atoms with E-state index in [4.69, 9.17) is 4.74 Å². The van der Waals surface area contributed by atoms with Crippen molar-refractivity contribution >= 4 is 27.1 Å². The molecule has 3 heterocycles. The number of aromatic nitrogens is 3. The highest BCUT2D eigenvalue weighted by Crippen LogP contribution is 2.18. The van der Waals surface area contributed by atoms with Crippen LogP contribution in [0.25, 0.3) is 11.2 Å². The van der Waals surface area contributed by atoms with E-state index in [1.165, 1.54) is 0 Å². The molecule has 1 aliphatic heterocycles. The zero-order valence-electron chi connectivity index (χ0n) is 11.8. The Labute approximate surface area is 126 Å². The molecule has 0 aliphatic carbocycles. The van der Waals surface area contributed by atoms with Crippen molar-refractivity contribution < 1.29 is 4.74 Å².